The zero-order valence-electron chi connectivity index (χ0n) is 15.5. The number of rotatable bonds is 3. The van der Waals surface area contributed by atoms with E-state index in [-0.39, 0.29) is 17.5 Å². The number of carbonyl (C=O) groups is 1. The van der Waals surface area contributed by atoms with Crippen molar-refractivity contribution in [2.75, 3.05) is 6.61 Å². The van der Waals surface area contributed by atoms with Gasteiger partial charge in [0.15, 0.2) is 0 Å². The maximum atomic E-state index is 11.8. The average molecular weight is 344 g/mol. The molecule has 3 heteroatoms. The number of aliphatic hydroxyl groups excluding tert-OH is 1. The molecule has 3 fully saturated rings. The Labute approximate surface area is 151 Å². The smallest absolute Gasteiger partial charge is 0.330 e. The summed E-state index contributed by atoms with van der Waals surface area (Å²) in [7, 11) is 0. The van der Waals surface area contributed by atoms with Crippen molar-refractivity contribution in [1.82, 2.24) is 0 Å². The maximum absolute atomic E-state index is 11.8. The zero-order chi connectivity index (χ0) is 17.7. The van der Waals surface area contributed by atoms with Crippen molar-refractivity contribution in [3.8, 4) is 0 Å². The number of carbonyl (C=O) groups excluding carboxylic acids is 1. The Hall–Kier alpha value is -1.09. The summed E-state index contributed by atoms with van der Waals surface area (Å²) >= 11 is 0. The number of esters is 1. The molecular weight excluding hydrogens is 312 g/mol. The van der Waals surface area contributed by atoms with Crippen LogP contribution in [0.3, 0.4) is 0 Å². The van der Waals surface area contributed by atoms with Crippen molar-refractivity contribution >= 4 is 5.97 Å². The van der Waals surface area contributed by atoms with Crippen LogP contribution in [0.15, 0.2) is 24.3 Å². The Morgan fingerprint density at radius 1 is 1.28 bits per heavy atom. The summed E-state index contributed by atoms with van der Waals surface area (Å²) in [4.78, 5) is 11.8. The molecule has 0 aromatic heterocycles. The van der Waals surface area contributed by atoms with Crippen molar-refractivity contribution in [3.63, 3.8) is 0 Å². The van der Waals surface area contributed by atoms with Crippen molar-refractivity contribution in [2.45, 2.75) is 70.8 Å². The Morgan fingerprint density at radius 3 is 2.92 bits per heavy atom. The van der Waals surface area contributed by atoms with Crippen LogP contribution < -0.4 is 0 Å². The fourth-order valence-electron chi connectivity index (χ4n) is 7.03. The van der Waals surface area contributed by atoms with Gasteiger partial charge in [0, 0.05) is 11.5 Å². The first-order valence-corrected chi connectivity index (χ1v) is 10.2. The third kappa shape index (κ3) is 2.70. The van der Waals surface area contributed by atoms with Crippen LogP contribution in [0.5, 0.6) is 0 Å². The molecule has 4 rings (SSSR count). The van der Waals surface area contributed by atoms with Gasteiger partial charge in [-0.15, -0.1) is 0 Å². The number of fused-ring (bicyclic) bond motifs is 5. The molecule has 0 saturated heterocycles. The molecule has 0 heterocycles. The fraction of sp³-hybridized carbons (Fsp3) is 0.773. The molecule has 4 aliphatic carbocycles. The number of hydrogen-bond acceptors (Lipinski definition) is 3. The molecule has 0 bridgehead atoms. The summed E-state index contributed by atoms with van der Waals surface area (Å²) in [6.45, 7) is 6.53. The van der Waals surface area contributed by atoms with Gasteiger partial charge >= 0.3 is 5.97 Å². The molecule has 25 heavy (non-hydrogen) atoms. The topological polar surface area (TPSA) is 46.5 Å². The van der Waals surface area contributed by atoms with E-state index in [2.05, 4.69) is 19.6 Å². The molecule has 0 spiro atoms. The predicted octanol–water partition coefficient (Wildman–Crippen LogP) is 4.41. The van der Waals surface area contributed by atoms with Gasteiger partial charge in [0.1, 0.15) is 6.61 Å². The lowest BCUT2D eigenvalue weighted by Gasteiger charge is -2.58. The van der Waals surface area contributed by atoms with E-state index in [0.29, 0.717) is 17.9 Å². The van der Waals surface area contributed by atoms with Gasteiger partial charge in [-0.05, 0) is 74.5 Å². The molecule has 0 radical (unpaired) electrons. The lowest BCUT2D eigenvalue weighted by Crippen LogP contribution is -2.52. The molecule has 0 amide bonds. The predicted molar refractivity (Wildman–Crippen MR) is 97.8 cm³/mol. The molecule has 6 atom stereocenters. The van der Waals surface area contributed by atoms with E-state index in [1.54, 1.807) is 0 Å². The second kappa shape index (κ2) is 6.26. The van der Waals surface area contributed by atoms with Crippen LogP contribution in [0.25, 0.3) is 0 Å². The highest BCUT2D eigenvalue weighted by molar-refractivity contribution is 5.81. The molecule has 0 aromatic rings. The minimum absolute atomic E-state index is 0.0370. The summed E-state index contributed by atoms with van der Waals surface area (Å²) in [5.74, 6) is 1.89. The van der Waals surface area contributed by atoms with E-state index >= 15 is 0 Å². The van der Waals surface area contributed by atoms with Gasteiger partial charge in [0.25, 0.3) is 0 Å². The number of aliphatic hydroxyl groups is 1. The molecule has 138 valence electrons. The standard InChI is InChI=1S/C22H32O3/c1-3-20(24)25-14-22-12-8-16(23)13-15(22)6-7-17-18-5-4-10-21(18,2)11-9-19(17)22/h3,13,16-19,23H,1,4-12,14H2,2H3/t16?,17-,18-,19+,21-,22+/m0/s1. The van der Waals surface area contributed by atoms with Crippen LogP contribution in [0.2, 0.25) is 0 Å². The van der Waals surface area contributed by atoms with Gasteiger partial charge in [-0.1, -0.05) is 31.6 Å². The largest absolute Gasteiger partial charge is 0.462 e. The summed E-state index contributed by atoms with van der Waals surface area (Å²) in [6.07, 6.45) is 13.8. The molecule has 0 aliphatic heterocycles. The SMILES string of the molecule is C=CC(=O)OC[C@]12CCC(O)C=C1CC[C@@H]1[C@H]2CC[C@]2(C)CCC[C@@H]12. The van der Waals surface area contributed by atoms with E-state index in [1.807, 2.05) is 0 Å². The molecule has 3 saturated carbocycles. The molecule has 1 unspecified atom stereocenters. The van der Waals surface area contributed by atoms with E-state index in [0.717, 1.165) is 31.1 Å². The molecular formula is C22H32O3. The number of ether oxygens (including phenoxy) is 1. The van der Waals surface area contributed by atoms with E-state index in [9.17, 15) is 9.90 Å². The summed E-state index contributed by atoms with van der Waals surface area (Å²) in [5.41, 5.74) is 1.87. The van der Waals surface area contributed by atoms with Gasteiger partial charge in [0.05, 0.1) is 6.10 Å². The second-order valence-electron chi connectivity index (χ2n) is 9.27. The lowest BCUT2D eigenvalue weighted by molar-refractivity contribution is -0.146. The first-order valence-electron chi connectivity index (χ1n) is 10.2. The van der Waals surface area contributed by atoms with E-state index in [1.165, 1.54) is 50.2 Å². The van der Waals surface area contributed by atoms with Crippen LogP contribution in [0, 0.1) is 28.6 Å². The van der Waals surface area contributed by atoms with Crippen LogP contribution in [-0.4, -0.2) is 23.8 Å². The minimum atomic E-state index is -0.324. The normalized spacial score (nSPS) is 45.6. The van der Waals surface area contributed by atoms with Crippen molar-refractivity contribution in [3.05, 3.63) is 24.3 Å². The molecule has 4 aliphatic rings. The van der Waals surface area contributed by atoms with Crippen molar-refractivity contribution in [1.29, 1.82) is 0 Å². The van der Waals surface area contributed by atoms with Gasteiger partial charge in [-0.25, -0.2) is 4.79 Å². The van der Waals surface area contributed by atoms with Crippen LogP contribution in [0.4, 0.5) is 0 Å². The van der Waals surface area contributed by atoms with Gasteiger partial charge in [0.2, 0.25) is 0 Å². The van der Waals surface area contributed by atoms with E-state index < -0.39 is 0 Å². The third-order valence-corrected chi connectivity index (χ3v) is 8.23. The maximum Gasteiger partial charge on any atom is 0.330 e. The minimum Gasteiger partial charge on any atom is -0.462 e. The first kappa shape index (κ1) is 17.3. The Morgan fingerprint density at radius 2 is 2.12 bits per heavy atom. The summed E-state index contributed by atoms with van der Waals surface area (Å²) in [6, 6.07) is 0. The monoisotopic (exact) mass is 344 g/mol. The molecule has 1 N–H and O–H groups in total. The highest BCUT2D eigenvalue weighted by Crippen LogP contribution is 2.65. The Kier molecular flexibility index (Phi) is 4.34. The van der Waals surface area contributed by atoms with Crippen LogP contribution >= 0.6 is 0 Å². The molecule has 3 nitrogen and oxygen atoms in total. The second-order valence-corrected chi connectivity index (χ2v) is 9.27. The number of hydrogen-bond donors (Lipinski definition) is 1. The lowest BCUT2D eigenvalue weighted by atomic mass is 9.47. The third-order valence-electron chi connectivity index (χ3n) is 8.23. The van der Waals surface area contributed by atoms with Crippen molar-refractivity contribution < 1.29 is 14.6 Å². The Bertz CT molecular complexity index is 594. The summed E-state index contributed by atoms with van der Waals surface area (Å²) < 4.78 is 5.63. The first-order chi connectivity index (χ1) is 12.0. The van der Waals surface area contributed by atoms with Gasteiger partial charge < -0.3 is 9.84 Å². The zero-order valence-corrected chi connectivity index (χ0v) is 15.5. The van der Waals surface area contributed by atoms with Crippen molar-refractivity contribution in [2.24, 2.45) is 28.6 Å². The highest BCUT2D eigenvalue weighted by Gasteiger charge is 2.58. The quantitative estimate of drug-likeness (QED) is 0.469. The van der Waals surface area contributed by atoms with Gasteiger partial charge in [-0.2, -0.15) is 0 Å². The summed E-state index contributed by atoms with van der Waals surface area (Å²) in [5, 5.41) is 10.2. The average Bonchev–Trinajstić information content (AvgIpc) is 3.01. The van der Waals surface area contributed by atoms with Crippen LogP contribution in [-0.2, 0) is 9.53 Å². The van der Waals surface area contributed by atoms with Crippen LogP contribution in [0.1, 0.15) is 64.7 Å². The highest BCUT2D eigenvalue weighted by atomic mass is 16.5. The Balaban J connectivity index is 1.67. The molecule has 0 aromatic carbocycles. The van der Waals surface area contributed by atoms with Gasteiger partial charge in [-0.3, -0.25) is 0 Å². The fourth-order valence-corrected chi connectivity index (χ4v) is 7.03. The van der Waals surface area contributed by atoms with E-state index in [4.69, 9.17) is 4.74 Å².